The standard InChI is InChI=1S/C24H35N3O3/c1-6-10-24(11-12-24)18-8-9-19(30-5)21(17(18)3)25-20(7-2)26-22(28)27-15-13-23(4,29)14-16-27/h7-9,29H,2,6,10-16H2,1,3-5H3,(H,25,26,28). The van der Waals surface area contributed by atoms with Gasteiger partial charge < -0.3 is 14.7 Å². The number of aliphatic imine (C=N–C) groups is 1. The number of nitrogens with zero attached hydrogens (tertiary/aromatic N) is 2. The zero-order valence-electron chi connectivity index (χ0n) is 18.8. The molecule has 1 heterocycles. The Bertz CT molecular complexity index is 830. The van der Waals surface area contributed by atoms with E-state index >= 15 is 0 Å². The van der Waals surface area contributed by atoms with E-state index in [2.05, 4.69) is 31.8 Å². The summed E-state index contributed by atoms with van der Waals surface area (Å²) in [5.74, 6) is 1.09. The molecule has 1 saturated carbocycles. The smallest absolute Gasteiger partial charge is 0.323 e. The zero-order valence-corrected chi connectivity index (χ0v) is 18.8. The minimum Gasteiger partial charge on any atom is -0.494 e. The topological polar surface area (TPSA) is 74.2 Å². The summed E-state index contributed by atoms with van der Waals surface area (Å²) >= 11 is 0. The number of hydrogen-bond donors (Lipinski definition) is 2. The number of piperidine rings is 1. The van der Waals surface area contributed by atoms with E-state index in [-0.39, 0.29) is 11.4 Å². The number of rotatable bonds is 6. The largest absolute Gasteiger partial charge is 0.494 e. The number of benzene rings is 1. The van der Waals surface area contributed by atoms with E-state index in [0.717, 1.165) is 17.7 Å². The first-order valence-electron chi connectivity index (χ1n) is 10.9. The van der Waals surface area contributed by atoms with Crippen molar-refractivity contribution in [1.29, 1.82) is 0 Å². The van der Waals surface area contributed by atoms with Gasteiger partial charge in [-0.3, -0.25) is 5.32 Å². The zero-order chi connectivity index (χ0) is 21.9. The highest BCUT2D eigenvalue weighted by molar-refractivity contribution is 6.05. The predicted molar refractivity (Wildman–Crippen MR) is 121 cm³/mol. The molecule has 1 aromatic carbocycles. The lowest BCUT2D eigenvalue weighted by atomic mass is 9.87. The van der Waals surface area contributed by atoms with Crippen LogP contribution in [0.25, 0.3) is 0 Å². The van der Waals surface area contributed by atoms with Gasteiger partial charge in [0, 0.05) is 13.1 Å². The molecule has 2 fully saturated rings. The summed E-state index contributed by atoms with van der Waals surface area (Å²) in [5.41, 5.74) is 2.74. The van der Waals surface area contributed by atoms with Crippen molar-refractivity contribution < 1.29 is 14.6 Å². The molecule has 0 atom stereocenters. The van der Waals surface area contributed by atoms with E-state index in [0.29, 0.717) is 37.5 Å². The number of carbonyl (C=O) groups excluding carboxylic acids is 1. The van der Waals surface area contributed by atoms with Crippen LogP contribution in [0.4, 0.5) is 10.5 Å². The third kappa shape index (κ3) is 4.69. The van der Waals surface area contributed by atoms with Gasteiger partial charge in [-0.15, -0.1) is 0 Å². The number of amidine groups is 1. The monoisotopic (exact) mass is 413 g/mol. The van der Waals surface area contributed by atoms with E-state index in [1.165, 1.54) is 24.8 Å². The fraction of sp³-hybridized carbons (Fsp3) is 0.583. The number of amides is 2. The quantitative estimate of drug-likeness (QED) is 0.528. The van der Waals surface area contributed by atoms with E-state index in [4.69, 9.17) is 9.73 Å². The van der Waals surface area contributed by atoms with Crippen molar-refractivity contribution in [3.8, 4) is 5.75 Å². The molecule has 30 heavy (non-hydrogen) atoms. The molecular formula is C24H35N3O3. The van der Waals surface area contributed by atoms with Crippen LogP contribution >= 0.6 is 0 Å². The van der Waals surface area contributed by atoms with Gasteiger partial charge in [0.15, 0.2) is 0 Å². The van der Waals surface area contributed by atoms with E-state index < -0.39 is 5.60 Å². The van der Waals surface area contributed by atoms with Crippen LogP contribution in [-0.4, -0.2) is 47.7 Å². The van der Waals surface area contributed by atoms with Crippen LogP contribution in [0.15, 0.2) is 29.8 Å². The molecule has 6 heteroatoms. The maximum Gasteiger partial charge on any atom is 0.323 e. The molecule has 0 radical (unpaired) electrons. The molecular weight excluding hydrogens is 378 g/mol. The molecule has 6 nitrogen and oxygen atoms in total. The normalized spacial score (nSPS) is 19.9. The molecule has 0 spiro atoms. The summed E-state index contributed by atoms with van der Waals surface area (Å²) in [4.78, 5) is 19.1. The van der Waals surface area contributed by atoms with Crippen LogP contribution < -0.4 is 10.1 Å². The summed E-state index contributed by atoms with van der Waals surface area (Å²) in [6.07, 6.45) is 7.43. The van der Waals surface area contributed by atoms with Crippen LogP contribution in [0.3, 0.4) is 0 Å². The lowest BCUT2D eigenvalue weighted by Crippen LogP contribution is -2.49. The Hall–Kier alpha value is -2.34. The van der Waals surface area contributed by atoms with Gasteiger partial charge in [0.2, 0.25) is 0 Å². The number of hydrogen-bond acceptors (Lipinski definition) is 4. The van der Waals surface area contributed by atoms with Crippen molar-refractivity contribution in [2.45, 2.75) is 70.3 Å². The molecule has 0 unspecified atom stereocenters. The Balaban J connectivity index is 1.84. The highest BCUT2D eigenvalue weighted by atomic mass is 16.5. The second-order valence-corrected chi connectivity index (χ2v) is 8.93. The van der Waals surface area contributed by atoms with Crippen LogP contribution in [-0.2, 0) is 5.41 Å². The van der Waals surface area contributed by atoms with Crippen molar-refractivity contribution in [3.63, 3.8) is 0 Å². The van der Waals surface area contributed by atoms with Crippen molar-refractivity contribution in [3.05, 3.63) is 35.9 Å². The minimum atomic E-state index is -0.700. The summed E-state index contributed by atoms with van der Waals surface area (Å²) in [6.45, 7) is 11.0. The number of likely N-dealkylation sites (tertiary alicyclic amines) is 1. The van der Waals surface area contributed by atoms with Crippen molar-refractivity contribution in [1.82, 2.24) is 10.2 Å². The third-order valence-corrected chi connectivity index (χ3v) is 6.56. The van der Waals surface area contributed by atoms with Gasteiger partial charge in [-0.05, 0) is 74.6 Å². The highest BCUT2D eigenvalue weighted by Gasteiger charge is 2.44. The highest BCUT2D eigenvalue weighted by Crippen LogP contribution is 2.54. The second kappa shape index (κ2) is 8.80. The predicted octanol–water partition coefficient (Wildman–Crippen LogP) is 4.61. The minimum absolute atomic E-state index is 0.221. The summed E-state index contributed by atoms with van der Waals surface area (Å²) < 4.78 is 5.57. The van der Waals surface area contributed by atoms with Crippen LogP contribution in [0, 0.1) is 6.92 Å². The summed E-state index contributed by atoms with van der Waals surface area (Å²) in [6, 6.07) is 3.93. The van der Waals surface area contributed by atoms with E-state index in [9.17, 15) is 9.90 Å². The Labute approximate surface area is 180 Å². The SMILES string of the molecule is C=C/C(=N\c1c(OC)ccc(C2(CCC)CC2)c1C)NC(=O)N1CCC(C)(O)CC1. The van der Waals surface area contributed by atoms with Crippen molar-refractivity contribution in [2.75, 3.05) is 20.2 Å². The molecule has 1 aliphatic heterocycles. The number of nitrogens with one attached hydrogen (secondary N) is 1. The first kappa shape index (κ1) is 22.3. The molecule has 1 aliphatic carbocycles. The average molecular weight is 414 g/mol. The van der Waals surface area contributed by atoms with Crippen LogP contribution in [0.5, 0.6) is 5.75 Å². The van der Waals surface area contributed by atoms with Gasteiger partial charge in [0.25, 0.3) is 0 Å². The Morgan fingerprint density at radius 3 is 2.53 bits per heavy atom. The Kier molecular flexibility index (Phi) is 6.56. The molecule has 1 saturated heterocycles. The number of ether oxygens (including phenoxy) is 1. The molecule has 3 rings (SSSR count). The molecule has 0 aromatic heterocycles. The van der Waals surface area contributed by atoms with Gasteiger partial charge in [-0.2, -0.15) is 0 Å². The Morgan fingerprint density at radius 1 is 1.33 bits per heavy atom. The number of urea groups is 1. The molecule has 2 N–H and O–H groups in total. The summed E-state index contributed by atoms with van der Waals surface area (Å²) in [5, 5.41) is 13.0. The number of aliphatic hydroxyl groups is 1. The maximum absolute atomic E-state index is 12.7. The van der Waals surface area contributed by atoms with Crippen molar-refractivity contribution >= 4 is 17.6 Å². The number of carbonyl (C=O) groups is 1. The average Bonchev–Trinajstić information content (AvgIpc) is 3.49. The first-order valence-corrected chi connectivity index (χ1v) is 10.9. The number of methoxy groups -OCH3 is 1. The summed E-state index contributed by atoms with van der Waals surface area (Å²) in [7, 11) is 1.64. The molecule has 1 aromatic rings. The van der Waals surface area contributed by atoms with Gasteiger partial charge in [-0.1, -0.05) is 26.0 Å². The van der Waals surface area contributed by atoms with Gasteiger partial charge in [-0.25, -0.2) is 9.79 Å². The van der Waals surface area contributed by atoms with Gasteiger partial charge >= 0.3 is 6.03 Å². The van der Waals surface area contributed by atoms with E-state index in [1.807, 2.05) is 13.0 Å². The fourth-order valence-corrected chi connectivity index (χ4v) is 4.46. The maximum atomic E-state index is 12.7. The van der Waals surface area contributed by atoms with Crippen LogP contribution in [0.2, 0.25) is 0 Å². The molecule has 164 valence electrons. The molecule has 0 bridgehead atoms. The second-order valence-electron chi connectivity index (χ2n) is 8.93. The fourth-order valence-electron chi connectivity index (χ4n) is 4.46. The van der Waals surface area contributed by atoms with Gasteiger partial charge in [0.1, 0.15) is 17.3 Å². The molecule has 2 amide bonds. The first-order chi connectivity index (χ1) is 14.2. The van der Waals surface area contributed by atoms with Crippen molar-refractivity contribution in [2.24, 2.45) is 4.99 Å². The Morgan fingerprint density at radius 2 is 2.00 bits per heavy atom. The van der Waals surface area contributed by atoms with Crippen LogP contribution in [0.1, 0.15) is 63.5 Å². The third-order valence-electron chi connectivity index (χ3n) is 6.56. The lowest BCUT2D eigenvalue weighted by Gasteiger charge is -2.35. The lowest BCUT2D eigenvalue weighted by molar-refractivity contribution is 0.00484. The van der Waals surface area contributed by atoms with Gasteiger partial charge in [0.05, 0.1) is 12.7 Å². The molecule has 2 aliphatic rings. The van der Waals surface area contributed by atoms with E-state index in [1.54, 1.807) is 18.1 Å².